The van der Waals surface area contributed by atoms with Crippen LogP contribution in [-0.4, -0.2) is 17.6 Å². The van der Waals surface area contributed by atoms with Crippen LogP contribution in [0.1, 0.15) is 50.2 Å². The average molecular weight is 336 g/mol. The molecule has 0 fully saturated rings. The van der Waals surface area contributed by atoms with Gasteiger partial charge in [-0.1, -0.05) is 13.0 Å². The van der Waals surface area contributed by atoms with Crippen molar-refractivity contribution in [2.45, 2.75) is 26.7 Å². The first-order chi connectivity index (χ1) is 10.5. The Balaban J connectivity index is 2.42. The van der Waals surface area contributed by atoms with Crippen LogP contribution in [0, 0.1) is 6.92 Å². The Morgan fingerprint density at radius 3 is 2.59 bits per heavy atom. The molecule has 7 heteroatoms. The van der Waals surface area contributed by atoms with E-state index in [1.54, 1.807) is 19.1 Å². The molecule has 0 aliphatic heterocycles. The molecular formula is C15H16N2O3S2. The Bertz CT molecular complexity index is 717. The summed E-state index contributed by atoms with van der Waals surface area (Å²) in [6.07, 6.45) is 1.05. The number of nitrogens with one attached hydrogen (secondary N) is 1. The molecule has 2 amide bonds. The van der Waals surface area contributed by atoms with E-state index in [9.17, 15) is 14.4 Å². The molecule has 116 valence electrons. The summed E-state index contributed by atoms with van der Waals surface area (Å²) in [4.78, 5) is 36.9. The molecule has 22 heavy (non-hydrogen) atoms. The van der Waals surface area contributed by atoms with Crippen molar-refractivity contribution in [1.29, 1.82) is 0 Å². The molecule has 2 aromatic heterocycles. The number of hydrogen-bond donors (Lipinski definition) is 2. The van der Waals surface area contributed by atoms with E-state index in [4.69, 9.17) is 5.73 Å². The third-order valence-corrected chi connectivity index (χ3v) is 5.15. The summed E-state index contributed by atoms with van der Waals surface area (Å²) in [7, 11) is 0. The van der Waals surface area contributed by atoms with E-state index >= 15 is 0 Å². The number of rotatable bonds is 6. The summed E-state index contributed by atoms with van der Waals surface area (Å²) < 4.78 is 0. The van der Waals surface area contributed by atoms with E-state index < -0.39 is 5.91 Å². The number of thiophene rings is 2. The Morgan fingerprint density at radius 2 is 2.05 bits per heavy atom. The molecule has 0 saturated heterocycles. The first-order valence-corrected chi connectivity index (χ1v) is 8.46. The second-order valence-corrected chi connectivity index (χ2v) is 6.70. The van der Waals surface area contributed by atoms with E-state index in [1.807, 2.05) is 12.3 Å². The molecule has 5 nitrogen and oxygen atoms in total. The quantitative estimate of drug-likeness (QED) is 0.794. The maximum absolute atomic E-state index is 12.5. The fraction of sp³-hybridized carbons (Fsp3) is 0.267. The topological polar surface area (TPSA) is 89.3 Å². The van der Waals surface area contributed by atoms with Gasteiger partial charge >= 0.3 is 0 Å². The number of carbonyl (C=O) groups is 3. The fourth-order valence-electron chi connectivity index (χ4n) is 2.05. The smallest absolute Gasteiger partial charge is 0.251 e. The van der Waals surface area contributed by atoms with Gasteiger partial charge in [-0.2, -0.15) is 0 Å². The maximum atomic E-state index is 12.5. The predicted molar refractivity (Wildman–Crippen MR) is 88.9 cm³/mol. The van der Waals surface area contributed by atoms with E-state index in [0.29, 0.717) is 33.2 Å². The lowest BCUT2D eigenvalue weighted by atomic mass is 10.1. The molecule has 0 aliphatic carbocycles. The van der Waals surface area contributed by atoms with Gasteiger partial charge in [-0.25, -0.2) is 0 Å². The second kappa shape index (κ2) is 6.85. The van der Waals surface area contributed by atoms with Crippen LogP contribution in [0.3, 0.4) is 0 Å². The van der Waals surface area contributed by atoms with Crippen molar-refractivity contribution < 1.29 is 14.4 Å². The second-order valence-electron chi connectivity index (χ2n) is 4.73. The molecule has 3 N–H and O–H groups in total. The minimum Gasteiger partial charge on any atom is -0.365 e. The molecule has 0 aromatic carbocycles. The lowest BCUT2D eigenvalue weighted by Gasteiger charge is -2.03. The zero-order chi connectivity index (χ0) is 16.3. The molecule has 0 unspecified atom stereocenters. The van der Waals surface area contributed by atoms with E-state index in [0.717, 1.165) is 11.3 Å². The van der Waals surface area contributed by atoms with Crippen LogP contribution in [0.4, 0.5) is 5.00 Å². The van der Waals surface area contributed by atoms with Crippen LogP contribution in [0.15, 0.2) is 17.5 Å². The Labute approximate surface area is 136 Å². The van der Waals surface area contributed by atoms with Gasteiger partial charge in [-0.3, -0.25) is 14.4 Å². The largest absolute Gasteiger partial charge is 0.365 e. The van der Waals surface area contributed by atoms with Gasteiger partial charge < -0.3 is 11.1 Å². The highest BCUT2D eigenvalue weighted by Gasteiger charge is 2.25. The van der Waals surface area contributed by atoms with Crippen molar-refractivity contribution in [3.63, 3.8) is 0 Å². The summed E-state index contributed by atoms with van der Waals surface area (Å²) >= 11 is 2.43. The van der Waals surface area contributed by atoms with Gasteiger partial charge in [0.2, 0.25) is 11.7 Å². The van der Waals surface area contributed by atoms with Gasteiger partial charge in [0.15, 0.2) is 0 Å². The monoisotopic (exact) mass is 336 g/mol. The van der Waals surface area contributed by atoms with Crippen molar-refractivity contribution >= 4 is 45.3 Å². The van der Waals surface area contributed by atoms with Gasteiger partial charge in [-0.05, 0) is 30.4 Å². The SMILES string of the molecule is CCCC(=O)Nc1sc(C(=O)c2cccs2)c(C)c1C(N)=O. The number of hydrogen-bond acceptors (Lipinski definition) is 5. The van der Waals surface area contributed by atoms with Gasteiger partial charge in [0, 0.05) is 6.42 Å². The Kier molecular flexibility index (Phi) is 5.10. The van der Waals surface area contributed by atoms with Crippen LogP contribution in [0.25, 0.3) is 0 Å². The lowest BCUT2D eigenvalue weighted by molar-refractivity contribution is -0.116. The van der Waals surface area contributed by atoms with Gasteiger partial charge in [0.1, 0.15) is 5.00 Å². The Morgan fingerprint density at radius 1 is 1.32 bits per heavy atom. The number of anilines is 1. The minimum atomic E-state index is -0.647. The average Bonchev–Trinajstić information content (AvgIpc) is 3.06. The van der Waals surface area contributed by atoms with Crippen LogP contribution in [-0.2, 0) is 4.79 Å². The van der Waals surface area contributed by atoms with Crippen LogP contribution in [0.2, 0.25) is 0 Å². The van der Waals surface area contributed by atoms with Gasteiger partial charge in [0.05, 0.1) is 15.3 Å². The zero-order valence-corrected chi connectivity index (χ0v) is 13.9. The molecule has 0 atom stereocenters. The third-order valence-electron chi connectivity index (χ3n) is 3.07. The summed E-state index contributed by atoms with van der Waals surface area (Å²) in [5.74, 6) is -0.997. The molecule has 2 heterocycles. The molecule has 0 bridgehead atoms. The minimum absolute atomic E-state index is 0.156. The number of carbonyl (C=O) groups excluding carboxylic acids is 3. The number of primary amides is 1. The molecule has 2 rings (SSSR count). The normalized spacial score (nSPS) is 10.5. The van der Waals surface area contributed by atoms with Crippen molar-refractivity contribution in [2.24, 2.45) is 5.73 Å². The highest BCUT2D eigenvalue weighted by Crippen LogP contribution is 2.35. The zero-order valence-electron chi connectivity index (χ0n) is 12.3. The number of amides is 2. The number of ketones is 1. The maximum Gasteiger partial charge on any atom is 0.251 e. The standard InChI is InChI=1S/C15H16N2O3S2/c1-3-5-10(18)17-15-11(14(16)20)8(2)13(22-15)12(19)9-6-4-7-21-9/h4,6-7H,3,5H2,1-2H3,(H2,16,20)(H,17,18). The molecule has 0 radical (unpaired) electrons. The highest BCUT2D eigenvalue weighted by molar-refractivity contribution is 7.20. The van der Waals surface area contributed by atoms with Crippen molar-refractivity contribution in [3.8, 4) is 0 Å². The summed E-state index contributed by atoms with van der Waals surface area (Å²) in [5, 5.41) is 4.85. The molecule has 0 aliphatic rings. The van der Waals surface area contributed by atoms with Crippen molar-refractivity contribution in [2.75, 3.05) is 5.32 Å². The van der Waals surface area contributed by atoms with Crippen LogP contribution >= 0.6 is 22.7 Å². The first-order valence-electron chi connectivity index (χ1n) is 6.77. The fourth-order valence-corrected chi connectivity index (χ4v) is 3.97. The number of nitrogens with two attached hydrogens (primary N) is 1. The lowest BCUT2D eigenvalue weighted by Crippen LogP contribution is -2.17. The third kappa shape index (κ3) is 3.26. The first kappa shape index (κ1) is 16.4. The van der Waals surface area contributed by atoms with E-state index in [2.05, 4.69) is 5.32 Å². The van der Waals surface area contributed by atoms with Crippen LogP contribution < -0.4 is 11.1 Å². The van der Waals surface area contributed by atoms with Crippen LogP contribution in [0.5, 0.6) is 0 Å². The molecule has 2 aromatic rings. The van der Waals surface area contributed by atoms with Gasteiger partial charge in [0.25, 0.3) is 5.91 Å². The summed E-state index contributed by atoms with van der Waals surface area (Å²) in [6.45, 7) is 3.56. The Hall–Kier alpha value is -1.99. The highest BCUT2D eigenvalue weighted by atomic mass is 32.1. The van der Waals surface area contributed by atoms with E-state index in [-0.39, 0.29) is 17.3 Å². The summed E-state index contributed by atoms with van der Waals surface area (Å²) in [6, 6.07) is 3.52. The predicted octanol–water partition coefficient (Wildman–Crippen LogP) is 3.19. The molecule has 0 saturated carbocycles. The molecule has 0 spiro atoms. The van der Waals surface area contributed by atoms with E-state index in [1.165, 1.54) is 11.3 Å². The van der Waals surface area contributed by atoms with Crippen molar-refractivity contribution in [3.05, 3.63) is 38.4 Å². The summed E-state index contributed by atoms with van der Waals surface area (Å²) in [5.41, 5.74) is 6.14. The molecular weight excluding hydrogens is 320 g/mol. The van der Waals surface area contributed by atoms with Gasteiger partial charge in [-0.15, -0.1) is 22.7 Å². The van der Waals surface area contributed by atoms with Crippen molar-refractivity contribution in [1.82, 2.24) is 0 Å².